The molecule has 1 aliphatic rings. The monoisotopic (exact) mass is 428 g/mol. The van der Waals surface area contributed by atoms with Crippen LogP contribution in [0.3, 0.4) is 0 Å². The topological polar surface area (TPSA) is 62.5 Å². The van der Waals surface area contributed by atoms with E-state index in [9.17, 15) is 9.59 Å². The summed E-state index contributed by atoms with van der Waals surface area (Å²) in [5.74, 6) is 0.787. The van der Waals surface area contributed by atoms with E-state index >= 15 is 0 Å². The highest BCUT2D eigenvalue weighted by Gasteiger charge is 2.27. The number of aromatic nitrogens is 2. The van der Waals surface area contributed by atoms with E-state index in [-0.39, 0.29) is 17.9 Å². The van der Waals surface area contributed by atoms with Gasteiger partial charge in [-0.3, -0.25) is 9.59 Å². The lowest BCUT2D eigenvalue weighted by molar-refractivity contribution is -0.119. The molecular weight excluding hydrogens is 392 g/mol. The summed E-state index contributed by atoms with van der Waals surface area (Å²) in [7, 11) is 0. The number of hydrogen-bond acceptors (Lipinski definition) is 4. The molecule has 0 saturated carbocycles. The predicted molar refractivity (Wildman–Crippen MR) is 123 cm³/mol. The SMILES string of the molecule is CCCCC(=O)CCOc1c(-c2c(CC)cc(C)cc2CC)c(=O)n2n1CCOCC2. The van der Waals surface area contributed by atoms with Crippen molar-refractivity contribution in [1.29, 1.82) is 0 Å². The lowest BCUT2D eigenvalue weighted by Gasteiger charge is -2.16. The second-order valence-electron chi connectivity index (χ2n) is 8.25. The third-order valence-corrected chi connectivity index (χ3v) is 5.97. The van der Waals surface area contributed by atoms with E-state index in [1.165, 1.54) is 5.56 Å². The van der Waals surface area contributed by atoms with Gasteiger partial charge in [0.05, 0.1) is 32.9 Å². The maximum Gasteiger partial charge on any atom is 0.278 e. The molecule has 0 unspecified atom stereocenters. The number of carbonyl (C=O) groups excluding carboxylic acids is 1. The summed E-state index contributed by atoms with van der Waals surface area (Å²) < 4.78 is 15.5. The summed E-state index contributed by atoms with van der Waals surface area (Å²) in [6.45, 7) is 10.8. The van der Waals surface area contributed by atoms with Crippen molar-refractivity contribution in [1.82, 2.24) is 9.36 Å². The van der Waals surface area contributed by atoms with Gasteiger partial charge in [-0.05, 0) is 42.9 Å². The van der Waals surface area contributed by atoms with Crippen LogP contribution in [0.5, 0.6) is 5.88 Å². The third-order valence-electron chi connectivity index (χ3n) is 5.97. The van der Waals surface area contributed by atoms with Gasteiger partial charge in [-0.2, -0.15) is 0 Å². The zero-order valence-corrected chi connectivity index (χ0v) is 19.5. The van der Waals surface area contributed by atoms with Gasteiger partial charge in [0, 0.05) is 12.8 Å². The van der Waals surface area contributed by atoms with E-state index in [0.29, 0.717) is 50.6 Å². The van der Waals surface area contributed by atoms with E-state index in [2.05, 4.69) is 39.8 Å². The fourth-order valence-corrected chi connectivity index (χ4v) is 4.36. The van der Waals surface area contributed by atoms with Crippen LogP contribution in [-0.4, -0.2) is 35.0 Å². The van der Waals surface area contributed by atoms with Gasteiger partial charge in [-0.25, -0.2) is 9.36 Å². The molecule has 6 heteroatoms. The zero-order valence-electron chi connectivity index (χ0n) is 19.5. The number of rotatable bonds is 10. The van der Waals surface area contributed by atoms with Gasteiger partial charge in [0.1, 0.15) is 11.3 Å². The summed E-state index contributed by atoms with van der Waals surface area (Å²) in [5, 5.41) is 0. The van der Waals surface area contributed by atoms with Gasteiger partial charge in [0.25, 0.3) is 5.56 Å². The van der Waals surface area contributed by atoms with Gasteiger partial charge in [-0.15, -0.1) is 0 Å². The standard InChI is InChI=1S/C25H36N2O4/c1-5-8-9-21(28)10-13-31-25-23(24(29)26-11-14-30-15-12-27(25)26)22-19(6-2)16-18(4)17-20(22)7-3/h16-17H,5-15H2,1-4H3. The second kappa shape index (κ2) is 10.8. The quantitative estimate of drug-likeness (QED) is 0.566. The number of fused-ring (bicyclic) bond motifs is 1. The highest BCUT2D eigenvalue weighted by molar-refractivity contribution is 5.78. The average molecular weight is 429 g/mol. The Hall–Kier alpha value is -2.34. The van der Waals surface area contributed by atoms with Gasteiger partial charge in [0.15, 0.2) is 0 Å². The van der Waals surface area contributed by atoms with Crippen molar-refractivity contribution in [3.05, 3.63) is 39.2 Å². The molecule has 31 heavy (non-hydrogen) atoms. The van der Waals surface area contributed by atoms with Crippen molar-refractivity contribution >= 4 is 5.78 Å². The van der Waals surface area contributed by atoms with Crippen LogP contribution in [0.1, 0.15) is 63.1 Å². The fourth-order valence-electron chi connectivity index (χ4n) is 4.36. The number of carbonyl (C=O) groups is 1. The Morgan fingerprint density at radius 2 is 1.65 bits per heavy atom. The van der Waals surface area contributed by atoms with Crippen LogP contribution >= 0.6 is 0 Å². The Morgan fingerprint density at radius 3 is 2.26 bits per heavy atom. The van der Waals surface area contributed by atoms with Crippen LogP contribution in [0.15, 0.2) is 16.9 Å². The molecular formula is C25H36N2O4. The molecule has 2 heterocycles. The third kappa shape index (κ3) is 5.12. The van der Waals surface area contributed by atoms with E-state index in [0.717, 1.165) is 42.4 Å². The minimum Gasteiger partial charge on any atom is -0.477 e. The molecule has 0 bridgehead atoms. The highest BCUT2D eigenvalue weighted by Crippen LogP contribution is 2.35. The Morgan fingerprint density at radius 1 is 1.00 bits per heavy atom. The number of hydrogen-bond donors (Lipinski definition) is 0. The highest BCUT2D eigenvalue weighted by atomic mass is 16.5. The first-order valence-electron chi connectivity index (χ1n) is 11.7. The largest absolute Gasteiger partial charge is 0.477 e. The van der Waals surface area contributed by atoms with E-state index in [1.807, 2.05) is 4.68 Å². The molecule has 1 aliphatic heterocycles. The van der Waals surface area contributed by atoms with Crippen LogP contribution in [-0.2, 0) is 35.5 Å². The summed E-state index contributed by atoms with van der Waals surface area (Å²) in [6, 6.07) is 4.34. The summed E-state index contributed by atoms with van der Waals surface area (Å²) in [6.07, 6.45) is 4.55. The average Bonchev–Trinajstić information content (AvgIpc) is 2.92. The molecule has 0 saturated heterocycles. The lowest BCUT2D eigenvalue weighted by atomic mass is 9.91. The second-order valence-corrected chi connectivity index (χ2v) is 8.25. The van der Waals surface area contributed by atoms with E-state index in [1.54, 1.807) is 4.68 Å². The van der Waals surface area contributed by atoms with E-state index < -0.39 is 0 Å². The maximum absolute atomic E-state index is 13.6. The van der Waals surface area contributed by atoms with Crippen molar-refractivity contribution in [3.8, 4) is 17.0 Å². The molecule has 0 atom stereocenters. The first kappa shape index (κ1) is 23.3. The molecule has 3 rings (SSSR count). The van der Waals surface area contributed by atoms with Crippen LogP contribution in [0.4, 0.5) is 0 Å². The molecule has 0 radical (unpaired) electrons. The number of benzene rings is 1. The van der Waals surface area contributed by atoms with Crippen LogP contribution in [0.25, 0.3) is 11.1 Å². The first-order chi connectivity index (χ1) is 15.0. The minimum absolute atomic E-state index is 0.0361. The van der Waals surface area contributed by atoms with Gasteiger partial charge >= 0.3 is 0 Å². The maximum atomic E-state index is 13.6. The van der Waals surface area contributed by atoms with Crippen molar-refractivity contribution < 1.29 is 14.3 Å². The lowest BCUT2D eigenvalue weighted by Crippen LogP contribution is -2.24. The normalized spacial score (nSPS) is 13.7. The summed E-state index contributed by atoms with van der Waals surface area (Å²) >= 11 is 0. The number of Topliss-reactive ketones (excluding diaryl/α,β-unsaturated/α-hetero) is 1. The van der Waals surface area contributed by atoms with Gasteiger partial charge < -0.3 is 9.47 Å². The number of nitrogens with zero attached hydrogens (tertiary/aromatic N) is 2. The summed E-state index contributed by atoms with van der Waals surface area (Å²) in [4.78, 5) is 25.7. The van der Waals surface area contributed by atoms with Crippen LogP contribution < -0.4 is 10.3 Å². The predicted octanol–water partition coefficient (Wildman–Crippen LogP) is 4.31. The van der Waals surface area contributed by atoms with Crippen LogP contribution in [0.2, 0.25) is 0 Å². The Kier molecular flexibility index (Phi) is 8.13. The fraction of sp³-hybridized carbons (Fsp3) is 0.600. The Balaban J connectivity index is 2.07. The molecule has 170 valence electrons. The van der Waals surface area contributed by atoms with Crippen molar-refractivity contribution in [2.75, 3.05) is 19.8 Å². The van der Waals surface area contributed by atoms with E-state index in [4.69, 9.17) is 9.47 Å². The molecule has 1 aromatic carbocycles. The first-order valence-corrected chi connectivity index (χ1v) is 11.7. The number of ketones is 1. The zero-order chi connectivity index (χ0) is 22.4. The molecule has 0 amide bonds. The number of aryl methyl sites for hydroxylation is 3. The van der Waals surface area contributed by atoms with Crippen LogP contribution in [0, 0.1) is 6.92 Å². The van der Waals surface area contributed by atoms with Gasteiger partial charge in [-0.1, -0.05) is 44.9 Å². The molecule has 0 N–H and O–H groups in total. The Bertz CT molecular complexity index is 946. The Labute approximate surface area is 185 Å². The number of ether oxygens (including phenoxy) is 2. The van der Waals surface area contributed by atoms with Gasteiger partial charge in [0.2, 0.25) is 5.88 Å². The van der Waals surface area contributed by atoms with Crippen molar-refractivity contribution in [2.45, 2.75) is 79.3 Å². The molecule has 2 aromatic rings. The smallest absolute Gasteiger partial charge is 0.278 e. The number of unbranched alkanes of at least 4 members (excludes halogenated alkanes) is 1. The molecule has 0 fully saturated rings. The minimum atomic E-state index is -0.0361. The molecule has 1 aromatic heterocycles. The van der Waals surface area contributed by atoms with Crippen molar-refractivity contribution in [3.63, 3.8) is 0 Å². The molecule has 0 spiro atoms. The molecule has 0 aliphatic carbocycles. The molecule has 6 nitrogen and oxygen atoms in total. The van der Waals surface area contributed by atoms with Crippen molar-refractivity contribution in [2.24, 2.45) is 0 Å². The summed E-state index contributed by atoms with van der Waals surface area (Å²) in [5.41, 5.74) is 5.13.